The molecule has 0 fully saturated rings. The van der Waals surface area contributed by atoms with Gasteiger partial charge in [-0.05, 0) is 5.56 Å². The van der Waals surface area contributed by atoms with Crippen molar-refractivity contribution in [2.45, 2.75) is 6.42 Å². The van der Waals surface area contributed by atoms with E-state index < -0.39 is 4.92 Å². The lowest BCUT2D eigenvalue weighted by Gasteiger charge is -1.96. The molecule has 2 aromatic rings. The highest BCUT2D eigenvalue weighted by Crippen LogP contribution is 2.14. The van der Waals surface area contributed by atoms with Gasteiger partial charge >= 0.3 is 0 Å². The minimum absolute atomic E-state index is 0.0962. The maximum atomic E-state index is 10.4. The van der Waals surface area contributed by atoms with Gasteiger partial charge in [0.25, 0.3) is 5.69 Å². The zero-order valence-electron chi connectivity index (χ0n) is 7.79. The van der Waals surface area contributed by atoms with Gasteiger partial charge in [-0.15, -0.1) is 0 Å². The molecule has 0 spiro atoms. The number of oxazole rings is 1. The number of aromatic nitrogens is 1. The van der Waals surface area contributed by atoms with E-state index in [0.29, 0.717) is 6.42 Å². The van der Waals surface area contributed by atoms with Crippen molar-refractivity contribution in [1.29, 1.82) is 0 Å². The third-order valence-electron chi connectivity index (χ3n) is 2.02. The molecule has 1 aromatic carbocycles. The summed E-state index contributed by atoms with van der Waals surface area (Å²) in [6.45, 7) is 0. The molecule has 2 rings (SSSR count). The van der Waals surface area contributed by atoms with Gasteiger partial charge in [0, 0.05) is 18.6 Å². The molecule has 0 unspecified atom stereocenters. The molecule has 1 aromatic heterocycles. The molecule has 0 saturated heterocycles. The molecule has 0 bridgehead atoms. The third-order valence-corrected chi connectivity index (χ3v) is 2.02. The number of benzene rings is 1. The van der Waals surface area contributed by atoms with Crippen LogP contribution in [-0.4, -0.2) is 9.91 Å². The van der Waals surface area contributed by atoms with Crippen LogP contribution < -0.4 is 0 Å². The van der Waals surface area contributed by atoms with Gasteiger partial charge in [0.2, 0.25) is 0 Å². The summed E-state index contributed by atoms with van der Waals surface area (Å²) in [5, 5.41) is 10.4. The van der Waals surface area contributed by atoms with Gasteiger partial charge in [0.05, 0.1) is 10.6 Å². The smallest absolute Gasteiger partial charge is 0.269 e. The number of rotatable bonds is 3. The molecule has 0 aliphatic heterocycles. The average molecular weight is 204 g/mol. The minimum Gasteiger partial charge on any atom is -0.451 e. The van der Waals surface area contributed by atoms with Crippen LogP contribution >= 0.6 is 0 Å². The van der Waals surface area contributed by atoms with Crippen molar-refractivity contribution < 1.29 is 9.34 Å². The zero-order valence-corrected chi connectivity index (χ0v) is 7.79. The van der Waals surface area contributed by atoms with Crippen LogP contribution in [0.15, 0.2) is 41.3 Å². The standard InChI is InChI=1S/C10H8N2O3/c13-12(14)10-3-1-8(2-4-10)5-9-6-15-7-11-9/h1-4,6-7H,5H2. The molecular weight excluding hydrogens is 196 g/mol. The van der Waals surface area contributed by atoms with Crippen molar-refractivity contribution in [2.24, 2.45) is 0 Å². The van der Waals surface area contributed by atoms with Crippen LogP contribution in [0.2, 0.25) is 0 Å². The molecule has 0 saturated carbocycles. The zero-order chi connectivity index (χ0) is 10.7. The van der Waals surface area contributed by atoms with Crippen molar-refractivity contribution in [2.75, 3.05) is 0 Å². The topological polar surface area (TPSA) is 69.2 Å². The van der Waals surface area contributed by atoms with E-state index in [9.17, 15) is 10.1 Å². The molecule has 5 nitrogen and oxygen atoms in total. The summed E-state index contributed by atoms with van der Waals surface area (Å²) in [4.78, 5) is 14.0. The molecule has 15 heavy (non-hydrogen) atoms. The average Bonchev–Trinajstić information content (AvgIpc) is 2.71. The van der Waals surface area contributed by atoms with Crippen LogP contribution in [0.1, 0.15) is 11.3 Å². The van der Waals surface area contributed by atoms with E-state index in [2.05, 4.69) is 4.98 Å². The van der Waals surface area contributed by atoms with Gasteiger partial charge in [0.15, 0.2) is 6.39 Å². The predicted molar refractivity (Wildman–Crippen MR) is 52.4 cm³/mol. The second-order valence-electron chi connectivity index (χ2n) is 3.08. The van der Waals surface area contributed by atoms with Crippen LogP contribution in [0.3, 0.4) is 0 Å². The second kappa shape index (κ2) is 3.91. The number of hydrogen-bond acceptors (Lipinski definition) is 4. The first-order chi connectivity index (χ1) is 7.25. The lowest BCUT2D eigenvalue weighted by Crippen LogP contribution is -1.90. The summed E-state index contributed by atoms with van der Waals surface area (Å²) >= 11 is 0. The van der Waals surface area contributed by atoms with Crippen LogP contribution in [-0.2, 0) is 6.42 Å². The maximum Gasteiger partial charge on any atom is 0.269 e. The van der Waals surface area contributed by atoms with Gasteiger partial charge in [-0.2, -0.15) is 0 Å². The first-order valence-electron chi connectivity index (χ1n) is 4.36. The Morgan fingerprint density at radius 2 is 2.07 bits per heavy atom. The number of non-ortho nitro benzene ring substituents is 1. The Morgan fingerprint density at radius 3 is 2.60 bits per heavy atom. The predicted octanol–water partition coefficient (Wildman–Crippen LogP) is 2.17. The number of nitro benzene ring substituents is 1. The fourth-order valence-corrected chi connectivity index (χ4v) is 1.27. The molecule has 0 amide bonds. The third kappa shape index (κ3) is 2.19. The van der Waals surface area contributed by atoms with Crippen LogP contribution in [0.4, 0.5) is 5.69 Å². The lowest BCUT2D eigenvalue weighted by atomic mass is 10.1. The summed E-state index contributed by atoms with van der Waals surface area (Å²) in [6, 6.07) is 6.39. The molecule has 0 radical (unpaired) electrons. The Bertz CT molecular complexity index is 448. The summed E-state index contributed by atoms with van der Waals surface area (Å²) < 4.78 is 4.83. The van der Waals surface area contributed by atoms with Crippen molar-refractivity contribution in [1.82, 2.24) is 4.98 Å². The van der Waals surface area contributed by atoms with E-state index in [-0.39, 0.29) is 5.69 Å². The Kier molecular flexibility index (Phi) is 2.45. The molecule has 0 atom stereocenters. The molecule has 1 heterocycles. The molecule has 0 aliphatic rings. The van der Waals surface area contributed by atoms with E-state index in [4.69, 9.17) is 4.42 Å². The monoisotopic (exact) mass is 204 g/mol. The van der Waals surface area contributed by atoms with Gasteiger partial charge in [-0.3, -0.25) is 10.1 Å². The molecule has 76 valence electrons. The van der Waals surface area contributed by atoms with Crippen molar-refractivity contribution in [3.05, 3.63) is 58.3 Å². The Balaban J connectivity index is 2.14. The largest absolute Gasteiger partial charge is 0.451 e. The first-order valence-corrected chi connectivity index (χ1v) is 4.36. The number of nitrogens with zero attached hydrogens (tertiary/aromatic N) is 2. The molecular formula is C10H8N2O3. The normalized spacial score (nSPS) is 10.1. The van der Waals surface area contributed by atoms with Gasteiger partial charge in [-0.25, -0.2) is 4.98 Å². The van der Waals surface area contributed by atoms with Crippen molar-refractivity contribution in [3.63, 3.8) is 0 Å². The lowest BCUT2D eigenvalue weighted by molar-refractivity contribution is -0.384. The second-order valence-corrected chi connectivity index (χ2v) is 3.08. The van der Waals surface area contributed by atoms with Crippen LogP contribution in [0.5, 0.6) is 0 Å². The van der Waals surface area contributed by atoms with Crippen LogP contribution in [0.25, 0.3) is 0 Å². The van der Waals surface area contributed by atoms with E-state index in [0.717, 1.165) is 11.3 Å². The highest BCUT2D eigenvalue weighted by molar-refractivity contribution is 5.34. The van der Waals surface area contributed by atoms with Gasteiger partial charge in [0.1, 0.15) is 6.26 Å². The quantitative estimate of drug-likeness (QED) is 0.567. The number of hydrogen-bond donors (Lipinski definition) is 0. The summed E-state index contributed by atoms with van der Waals surface area (Å²) in [7, 11) is 0. The van der Waals surface area contributed by atoms with E-state index in [1.54, 1.807) is 18.4 Å². The Labute approximate surface area is 85.5 Å². The molecule has 0 aliphatic carbocycles. The fraction of sp³-hybridized carbons (Fsp3) is 0.100. The highest BCUT2D eigenvalue weighted by atomic mass is 16.6. The van der Waals surface area contributed by atoms with Crippen LogP contribution in [0, 0.1) is 10.1 Å². The van der Waals surface area contributed by atoms with Gasteiger partial charge < -0.3 is 4.42 Å². The summed E-state index contributed by atoms with van der Waals surface area (Å²) in [6.07, 6.45) is 3.54. The summed E-state index contributed by atoms with van der Waals surface area (Å²) in [5.41, 5.74) is 1.87. The summed E-state index contributed by atoms with van der Waals surface area (Å²) in [5.74, 6) is 0. The fourth-order valence-electron chi connectivity index (χ4n) is 1.27. The minimum atomic E-state index is -0.417. The van der Waals surface area contributed by atoms with Gasteiger partial charge in [-0.1, -0.05) is 12.1 Å². The van der Waals surface area contributed by atoms with E-state index in [1.165, 1.54) is 18.5 Å². The van der Waals surface area contributed by atoms with Crippen molar-refractivity contribution in [3.8, 4) is 0 Å². The number of nitro groups is 1. The van der Waals surface area contributed by atoms with E-state index in [1.807, 2.05) is 0 Å². The molecule has 5 heteroatoms. The van der Waals surface area contributed by atoms with Crippen molar-refractivity contribution >= 4 is 5.69 Å². The Hall–Kier alpha value is -2.17. The first kappa shape index (κ1) is 9.39. The maximum absolute atomic E-state index is 10.4. The highest BCUT2D eigenvalue weighted by Gasteiger charge is 2.04. The molecule has 0 N–H and O–H groups in total. The van der Waals surface area contributed by atoms with E-state index >= 15 is 0 Å². The Morgan fingerprint density at radius 1 is 1.33 bits per heavy atom. The SMILES string of the molecule is O=[N+]([O-])c1ccc(Cc2cocn2)cc1.